The molecule has 0 spiro atoms. The first kappa shape index (κ1) is 9.64. The lowest BCUT2D eigenvalue weighted by atomic mass is 9.93. The minimum atomic E-state index is 0.114. The molecule has 12 heavy (non-hydrogen) atoms. The average Bonchev–Trinajstić information content (AvgIpc) is 2.35. The molecule has 0 fully saturated rings. The fraction of sp³-hybridized carbons (Fsp3) is 0.625. The third-order valence-corrected chi connectivity index (χ3v) is 2.35. The fourth-order valence-electron chi connectivity index (χ4n) is 0.793. The van der Waals surface area contributed by atoms with E-state index in [2.05, 4.69) is 30.6 Å². The Bertz CT molecular complexity index is 252. The van der Waals surface area contributed by atoms with Gasteiger partial charge in [0.05, 0.1) is 5.69 Å². The van der Waals surface area contributed by atoms with Gasteiger partial charge in [0.2, 0.25) is 0 Å². The Morgan fingerprint density at radius 3 is 2.67 bits per heavy atom. The van der Waals surface area contributed by atoms with Crippen molar-refractivity contribution < 1.29 is 4.84 Å². The predicted molar refractivity (Wildman–Crippen MR) is 49.8 cm³/mol. The van der Waals surface area contributed by atoms with E-state index in [0.717, 1.165) is 10.7 Å². The molecule has 3 nitrogen and oxygen atoms in total. The van der Waals surface area contributed by atoms with Crippen LogP contribution in [0.25, 0.3) is 0 Å². The third kappa shape index (κ3) is 2.27. The van der Waals surface area contributed by atoms with Gasteiger partial charge in [0.15, 0.2) is 0 Å². The van der Waals surface area contributed by atoms with Crippen LogP contribution in [0.5, 0.6) is 0 Å². The number of nitrogens with two attached hydrogens (primary N) is 1. The highest BCUT2D eigenvalue weighted by molar-refractivity contribution is 7.09. The van der Waals surface area contributed by atoms with Crippen molar-refractivity contribution in [3.05, 3.63) is 16.1 Å². The Kier molecular flexibility index (Phi) is 2.82. The van der Waals surface area contributed by atoms with Gasteiger partial charge in [-0.1, -0.05) is 20.8 Å². The molecule has 1 heterocycles. The summed E-state index contributed by atoms with van der Waals surface area (Å²) in [7, 11) is 0. The van der Waals surface area contributed by atoms with E-state index in [-0.39, 0.29) is 5.41 Å². The van der Waals surface area contributed by atoms with Crippen LogP contribution in [0.1, 0.15) is 31.5 Å². The number of thiazole rings is 1. The van der Waals surface area contributed by atoms with Crippen molar-refractivity contribution in [1.82, 2.24) is 4.98 Å². The maximum atomic E-state index is 4.95. The van der Waals surface area contributed by atoms with Crippen LogP contribution in [0.4, 0.5) is 0 Å². The second-order valence-electron chi connectivity index (χ2n) is 3.69. The summed E-state index contributed by atoms with van der Waals surface area (Å²) in [6.07, 6.45) is 0. The van der Waals surface area contributed by atoms with Crippen molar-refractivity contribution in [3.8, 4) is 0 Å². The lowest BCUT2D eigenvalue weighted by molar-refractivity contribution is 0.123. The SMILES string of the molecule is CC(C)(C)c1csc(CON)n1. The molecule has 2 N–H and O–H groups in total. The maximum Gasteiger partial charge on any atom is 0.121 e. The smallest absolute Gasteiger partial charge is 0.121 e. The van der Waals surface area contributed by atoms with Crippen molar-refractivity contribution in [2.24, 2.45) is 5.90 Å². The first-order valence-electron chi connectivity index (χ1n) is 3.80. The molecular formula is C8H14N2OS. The van der Waals surface area contributed by atoms with Gasteiger partial charge in [-0.05, 0) is 0 Å². The van der Waals surface area contributed by atoms with E-state index in [1.165, 1.54) is 0 Å². The van der Waals surface area contributed by atoms with Crippen molar-refractivity contribution in [3.63, 3.8) is 0 Å². The summed E-state index contributed by atoms with van der Waals surface area (Å²) in [5.41, 5.74) is 1.21. The van der Waals surface area contributed by atoms with Gasteiger partial charge >= 0.3 is 0 Å². The molecule has 0 unspecified atom stereocenters. The number of hydrogen-bond acceptors (Lipinski definition) is 4. The van der Waals surface area contributed by atoms with Gasteiger partial charge in [0.25, 0.3) is 0 Å². The summed E-state index contributed by atoms with van der Waals surface area (Å²) in [6, 6.07) is 0. The van der Waals surface area contributed by atoms with E-state index in [1.807, 2.05) is 5.38 Å². The molecule has 0 aliphatic heterocycles. The minimum Gasteiger partial charge on any atom is -0.297 e. The van der Waals surface area contributed by atoms with E-state index < -0.39 is 0 Å². The van der Waals surface area contributed by atoms with Crippen LogP contribution in [0.3, 0.4) is 0 Å². The normalized spacial score (nSPS) is 12.0. The Morgan fingerprint density at radius 2 is 2.25 bits per heavy atom. The van der Waals surface area contributed by atoms with Crippen molar-refractivity contribution in [2.75, 3.05) is 0 Å². The number of nitrogens with zero attached hydrogens (tertiary/aromatic N) is 1. The third-order valence-electron chi connectivity index (χ3n) is 1.53. The Morgan fingerprint density at radius 1 is 1.58 bits per heavy atom. The molecule has 0 amide bonds. The molecule has 68 valence electrons. The van der Waals surface area contributed by atoms with E-state index in [4.69, 9.17) is 5.90 Å². The van der Waals surface area contributed by atoms with Crippen LogP contribution < -0.4 is 5.90 Å². The zero-order valence-corrected chi connectivity index (χ0v) is 8.44. The molecule has 0 saturated heterocycles. The highest BCUT2D eigenvalue weighted by Crippen LogP contribution is 2.23. The second-order valence-corrected chi connectivity index (χ2v) is 4.63. The van der Waals surface area contributed by atoms with E-state index >= 15 is 0 Å². The van der Waals surface area contributed by atoms with Gasteiger partial charge in [-0.15, -0.1) is 11.3 Å². The van der Waals surface area contributed by atoms with Gasteiger partial charge in [-0.25, -0.2) is 10.9 Å². The van der Waals surface area contributed by atoms with Gasteiger partial charge in [0.1, 0.15) is 11.6 Å². The topological polar surface area (TPSA) is 48.1 Å². The fourth-order valence-corrected chi connectivity index (χ4v) is 1.73. The van der Waals surface area contributed by atoms with Crippen LogP contribution in [0.15, 0.2) is 5.38 Å². The molecular weight excluding hydrogens is 172 g/mol. The molecule has 1 aromatic rings. The lowest BCUT2D eigenvalue weighted by Gasteiger charge is -2.14. The molecule has 0 aliphatic carbocycles. The van der Waals surface area contributed by atoms with Crippen LogP contribution >= 0.6 is 11.3 Å². The molecule has 0 bridgehead atoms. The molecule has 0 saturated carbocycles. The average molecular weight is 186 g/mol. The van der Waals surface area contributed by atoms with Gasteiger partial charge in [0, 0.05) is 10.8 Å². The predicted octanol–water partition coefficient (Wildman–Crippen LogP) is 1.83. The molecule has 0 radical (unpaired) electrons. The van der Waals surface area contributed by atoms with Crippen molar-refractivity contribution in [2.45, 2.75) is 32.8 Å². The Hall–Kier alpha value is -0.450. The molecule has 0 aliphatic rings. The lowest BCUT2D eigenvalue weighted by Crippen LogP contribution is -2.11. The molecule has 1 rings (SSSR count). The quantitative estimate of drug-likeness (QED) is 0.717. The zero-order valence-electron chi connectivity index (χ0n) is 7.63. The van der Waals surface area contributed by atoms with Crippen LogP contribution in [0.2, 0.25) is 0 Å². The van der Waals surface area contributed by atoms with Crippen LogP contribution in [0, 0.1) is 0 Å². The van der Waals surface area contributed by atoms with Crippen molar-refractivity contribution >= 4 is 11.3 Å². The molecule has 1 aromatic heterocycles. The van der Waals surface area contributed by atoms with E-state index in [1.54, 1.807) is 11.3 Å². The summed E-state index contributed by atoms with van der Waals surface area (Å²) in [6.45, 7) is 6.81. The summed E-state index contributed by atoms with van der Waals surface area (Å²) < 4.78 is 0. The van der Waals surface area contributed by atoms with E-state index in [9.17, 15) is 0 Å². The maximum absolute atomic E-state index is 4.95. The van der Waals surface area contributed by atoms with E-state index in [0.29, 0.717) is 6.61 Å². The monoisotopic (exact) mass is 186 g/mol. The van der Waals surface area contributed by atoms with Crippen LogP contribution in [-0.4, -0.2) is 4.98 Å². The summed E-state index contributed by atoms with van der Waals surface area (Å²) in [5, 5.41) is 2.98. The number of hydrogen-bond donors (Lipinski definition) is 1. The van der Waals surface area contributed by atoms with Crippen LogP contribution in [-0.2, 0) is 16.9 Å². The zero-order chi connectivity index (χ0) is 9.19. The number of rotatable bonds is 2. The number of aromatic nitrogens is 1. The minimum absolute atomic E-state index is 0.114. The standard InChI is InChI=1S/C8H14N2OS/c1-8(2,3)6-5-12-7(10-6)4-11-9/h5H,4,9H2,1-3H3. The highest BCUT2D eigenvalue weighted by atomic mass is 32.1. The summed E-state index contributed by atoms with van der Waals surface area (Å²) in [4.78, 5) is 8.89. The summed E-state index contributed by atoms with van der Waals surface area (Å²) in [5.74, 6) is 4.95. The van der Waals surface area contributed by atoms with Gasteiger partial charge in [-0.3, -0.25) is 4.84 Å². The van der Waals surface area contributed by atoms with Gasteiger partial charge < -0.3 is 0 Å². The largest absolute Gasteiger partial charge is 0.297 e. The molecule has 4 heteroatoms. The Labute approximate surface area is 76.5 Å². The summed E-state index contributed by atoms with van der Waals surface area (Å²) >= 11 is 1.58. The first-order valence-corrected chi connectivity index (χ1v) is 4.68. The highest BCUT2D eigenvalue weighted by Gasteiger charge is 2.16. The van der Waals surface area contributed by atoms with Gasteiger partial charge in [-0.2, -0.15) is 0 Å². The Balaban J connectivity index is 2.77. The second kappa shape index (κ2) is 3.51. The van der Waals surface area contributed by atoms with Crippen molar-refractivity contribution in [1.29, 1.82) is 0 Å². The first-order chi connectivity index (χ1) is 5.54. The molecule has 0 atom stereocenters. The molecule has 0 aromatic carbocycles.